The molecule has 1 fully saturated rings. The third-order valence-electron chi connectivity index (χ3n) is 1.86. The molecule has 0 aromatic heterocycles. The number of nitrogens with one attached hydrogen (secondary N) is 1. The van der Waals surface area contributed by atoms with Gasteiger partial charge in [-0.3, -0.25) is 9.52 Å². The molecule has 1 rings (SSSR count). The highest BCUT2D eigenvalue weighted by Gasteiger charge is 2.43. The predicted octanol–water partition coefficient (Wildman–Crippen LogP) is 2.93. The average molecular weight is 257 g/mol. The molecule has 1 aliphatic rings. The lowest BCUT2D eigenvalue weighted by atomic mass is 10.1. The Balaban J connectivity index is 2.62. The second-order valence-electron chi connectivity index (χ2n) is 3.09. The highest BCUT2D eigenvalue weighted by Crippen LogP contribution is 2.44. The number of hydrogen-bond donors (Lipinski definition) is 1. The molecule has 1 saturated carbocycles. The summed E-state index contributed by atoms with van der Waals surface area (Å²) in [6, 6.07) is 0. The second-order valence-corrected chi connectivity index (χ2v) is 5.29. The van der Waals surface area contributed by atoms with Crippen LogP contribution in [-0.4, -0.2) is 18.3 Å². The molecule has 0 atom stereocenters. The maximum Gasteiger partial charge on any atom is 0.413 e. The first-order valence-corrected chi connectivity index (χ1v) is 6.79. The van der Waals surface area contributed by atoms with E-state index in [0.717, 1.165) is 11.0 Å². The van der Waals surface area contributed by atoms with Crippen LogP contribution >= 0.6 is 21.8 Å². The van der Waals surface area contributed by atoms with Gasteiger partial charge in [0.25, 0.3) is 5.91 Å². The summed E-state index contributed by atoms with van der Waals surface area (Å²) in [7, 11) is 2.27. The lowest BCUT2D eigenvalue weighted by Crippen LogP contribution is -2.19. The molecule has 0 aromatic rings. The van der Waals surface area contributed by atoms with Gasteiger partial charge in [-0.05, 0) is 25.0 Å². The summed E-state index contributed by atoms with van der Waals surface area (Å²) in [4.78, 5) is 11.1. The summed E-state index contributed by atoms with van der Waals surface area (Å²) in [5, 5.41) is 0. The molecule has 0 unspecified atom stereocenters. The molecule has 0 heterocycles. The van der Waals surface area contributed by atoms with Crippen molar-refractivity contribution in [2.45, 2.75) is 19.0 Å². The van der Waals surface area contributed by atoms with E-state index in [1.54, 1.807) is 6.26 Å². The number of carbonyl (C=O) groups is 1. The van der Waals surface area contributed by atoms with Crippen LogP contribution in [0.2, 0.25) is 0 Å². The summed E-state index contributed by atoms with van der Waals surface area (Å²) in [6.45, 7) is 0. The van der Waals surface area contributed by atoms with Gasteiger partial charge in [-0.15, -0.1) is 0 Å². The summed E-state index contributed by atoms with van der Waals surface area (Å²) < 4.78 is 39.6. The summed E-state index contributed by atoms with van der Waals surface area (Å²) in [6.07, 6.45) is -0.952. The van der Waals surface area contributed by atoms with E-state index in [-0.39, 0.29) is 0 Å². The van der Waals surface area contributed by atoms with Crippen LogP contribution in [-0.2, 0) is 4.79 Å². The van der Waals surface area contributed by atoms with Crippen molar-refractivity contribution in [1.82, 2.24) is 4.72 Å². The van der Waals surface area contributed by atoms with E-state index < -0.39 is 23.6 Å². The number of carbonyl (C=O) groups excluding carboxylic acids is 1. The molecule has 15 heavy (non-hydrogen) atoms. The normalized spacial score (nSPS) is 17.7. The summed E-state index contributed by atoms with van der Waals surface area (Å²) in [5.41, 5.74) is -0.707. The van der Waals surface area contributed by atoms with Crippen molar-refractivity contribution >= 4 is 27.7 Å². The topological polar surface area (TPSA) is 29.1 Å². The molecule has 1 aliphatic carbocycles. The van der Waals surface area contributed by atoms with Gasteiger partial charge in [0.15, 0.2) is 0 Å². The Morgan fingerprint density at radius 3 is 2.47 bits per heavy atom. The van der Waals surface area contributed by atoms with Crippen LogP contribution in [0.3, 0.4) is 0 Å². The maximum absolute atomic E-state index is 12.4. The minimum absolute atomic E-state index is 0.477. The van der Waals surface area contributed by atoms with Gasteiger partial charge in [0, 0.05) is 22.6 Å². The van der Waals surface area contributed by atoms with Gasteiger partial charge in [0.1, 0.15) is 0 Å². The summed E-state index contributed by atoms with van der Waals surface area (Å²) >= 11 is 0. The zero-order chi connectivity index (χ0) is 11.5. The smallest absolute Gasteiger partial charge is 0.287 e. The molecule has 0 aliphatic heterocycles. The standard InChI is InChI=1S/C8H10F3NOS2/c1-14-15-12-7(13)4-6(5-2-3-5)8(9,10)11/h4-5H,2-3H2,1H3,(H,12,13). The number of alkyl halides is 3. The van der Waals surface area contributed by atoms with E-state index in [9.17, 15) is 18.0 Å². The highest BCUT2D eigenvalue weighted by molar-refractivity contribution is 8.75. The molecule has 0 spiro atoms. The Morgan fingerprint density at radius 2 is 2.07 bits per heavy atom. The zero-order valence-corrected chi connectivity index (χ0v) is 9.56. The van der Waals surface area contributed by atoms with Gasteiger partial charge in [-0.25, -0.2) is 0 Å². The first-order valence-electron chi connectivity index (χ1n) is 4.23. The van der Waals surface area contributed by atoms with Crippen LogP contribution in [0.25, 0.3) is 0 Å². The number of halogens is 3. The number of amides is 1. The third-order valence-corrected chi connectivity index (χ3v) is 3.06. The van der Waals surface area contributed by atoms with Crippen molar-refractivity contribution in [2.24, 2.45) is 5.92 Å². The lowest BCUT2D eigenvalue weighted by Gasteiger charge is -2.10. The maximum atomic E-state index is 12.4. The van der Waals surface area contributed by atoms with Crippen molar-refractivity contribution in [3.8, 4) is 0 Å². The van der Waals surface area contributed by atoms with Crippen LogP contribution in [0.15, 0.2) is 11.6 Å². The predicted molar refractivity (Wildman–Crippen MR) is 56.1 cm³/mol. The molecule has 2 nitrogen and oxygen atoms in total. The van der Waals surface area contributed by atoms with Gasteiger partial charge >= 0.3 is 6.18 Å². The molecule has 1 amide bonds. The third kappa shape index (κ3) is 4.38. The van der Waals surface area contributed by atoms with Crippen molar-refractivity contribution in [2.75, 3.05) is 6.26 Å². The van der Waals surface area contributed by atoms with Crippen molar-refractivity contribution in [3.05, 3.63) is 11.6 Å². The van der Waals surface area contributed by atoms with Gasteiger partial charge in [0.2, 0.25) is 0 Å². The second kappa shape index (κ2) is 5.16. The Labute approximate surface area is 93.6 Å². The van der Waals surface area contributed by atoms with Gasteiger partial charge < -0.3 is 0 Å². The lowest BCUT2D eigenvalue weighted by molar-refractivity contribution is -0.116. The van der Waals surface area contributed by atoms with E-state index in [2.05, 4.69) is 4.72 Å². The van der Waals surface area contributed by atoms with Gasteiger partial charge in [0.05, 0.1) is 0 Å². The van der Waals surface area contributed by atoms with E-state index in [1.807, 2.05) is 0 Å². The minimum Gasteiger partial charge on any atom is -0.287 e. The fourth-order valence-electron chi connectivity index (χ4n) is 1.08. The fourth-order valence-corrected chi connectivity index (χ4v) is 1.80. The van der Waals surface area contributed by atoms with Crippen molar-refractivity contribution < 1.29 is 18.0 Å². The van der Waals surface area contributed by atoms with Crippen LogP contribution in [0.1, 0.15) is 12.8 Å². The molecule has 0 radical (unpaired) electrons. The van der Waals surface area contributed by atoms with E-state index in [4.69, 9.17) is 0 Å². The highest BCUT2D eigenvalue weighted by atomic mass is 33.1. The Hall–Kier alpha value is -0.300. The first-order chi connectivity index (χ1) is 6.95. The molecule has 1 N–H and O–H groups in total. The molecule has 0 aromatic carbocycles. The van der Waals surface area contributed by atoms with Crippen molar-refractivity contribution in [3.63, 3.8) is 0 Å². The number of allylic oxidation sites excluding steroid dienone is 1. The summed E-state index contributed by atoms with van der Waals surface area (Å²) in [5.74, 6) is -1.18. The van der Waals surface area contributed by atoms with Crippen molar-refractivity contribution in [1.29, 1.82) is 0 Å². The van der Waals surface area contributed by atoms with Crippen LogP contribution in [0, 0.1) is 5.92 Å². The Bertz CT molecular complexity index is 274. The molecule has 0 saturated heterocycles. The van der Waals surface area contributed by atoms with Crippen LogP contribution in [0.5, 0.6) is 0 Å². The SMILES string of the molecule is CSSNC(=O)C=C(C1CC1)C(F)(F)F. The fraction of sp³-hybridized carbons (Fsp3) is 0.625. The quantitative estimate of drug-likeness (QED) is 0.477. The molecule has 86 valence electrons. The zero-order valence-electron chi connectivity index (χ0n) is 7.93. The largest absolute Gasteiger partial charge is 0.413 e. The van der Waals surface area contributed by atoms with E-state index >= 15 is 0 Å². The number of hydrogen-bond acceptors (Lipinski definition) is 3. The molecular formula is C8H10F3NOS2. The van der Waals surface area contributed by atoms with Crippen LogP contribution in [0.4, 0.5) is 13.2 Å². The van der Waals surface area contributed by atoms with E-state index in [0.29, 0.717) is 18.9 Å². The molecular weight excluding hydrogens is 247 g/mol. The monoisotopic (exact) mass is 257 g/mol. The molecule has 0 bridgehead atoms. The minimum atomic E-state index is -4.39. The van der Waals surface area contributed by atoms with Gasteiger partial charge in [-0.2, -0.15) is 13.2 Å². The van der Waals surface area contributed by atoms with E-state index in [1.165, 1.54) is 10.8 Å². The Kier molecular flexibility index (Phi) is 4.39. The average Bonchev–Trinajstić information content (AvgIpc) is 2.92. The molecule has 7 heteroatoms. The van der Waals surface area contributed by atoms with Gasteiger partial charge in [-0.1, -0.05) is 10.8 Å². The van der Waals surface area contributed by atoms with Crippen LogP contribution < -0.4 is 4.72 Å². The Morgan fingerprint density at radius 1 is 1.47 bits per heavy atom. The first kappa shape index (κ1) is 12.8. The number of rotatable bonds is 4.